The van der Waals surface area contributed by atoms with Gasteiger partial charge in [-0.1, -0.05) is 50.6 Å². The van der Waals surface area contributed by atoms with Crippen molar-refractivity contribution in [1.82, 2.24) is 46.4 Å². The number of rotatable bonds is 22. The van der Waals surface area contributed by atoms with Gasteiger partial charge in [0.25, 0.3) is 5.56 Å². The Hall–Kier alpha value is -7.92. The van der Waals surface area contributed by atoms with Crippen molar-refractivity contribution in [3.8, 4) is 11.4 Å². The number of esters is 1. The molecular formula is C56H64FN9O13. The topological polar surface area (TPSA) is 303 Å². The molecule has 9 rings (SSSR count). The van der Waals surface area contributed by atoms with Crippen molar-refractivity contribution in [2.24, 2.45) is 11.8 Å². The number of benzene rings is 2. The second kappa shape index (κ2) is 23.6. The zero-order valence-electron chi connectivity index (χ0n) is 44.2. The summed E-state index contributed by atoms with van der Waals surface area (Å²) in [5, 5.41) is 27.9. The Balaban J connectivity index is 0.720. The minimum absolute atomic E-state index is 0.0308. The molecule has 1 unspecified atom stereocenters. The van der Waals surface area contributed by atoms with Crippen LogP contribution < -0.4 is 37.5 Å². The minimum Gasteiger partial charge on any atom is -0.458 e. The average molecular weight is 1090 g/mol. The van der Waals surface area contributed by atoms with Crippen LogP contribution in [0.1, 0.15) is 117 Å². The van der Waals surface area contributed by atoms with Crippen molar-refractivity contribution in [2.75, 3.05) is 32.9 Å². The first kappa shape index (κ1) is 55.8. The number of ether oxygens (including phenoxy) is 2. The minimum atomic E-state index is -2.03. The van der Waals surface area contributed by atoms with Crippen molar-refractivity contribution in [3.05, 3.63) is 97.6 Å². The number of carbonyl (C=O) groups is 9. The smallest absolute Gasteiger partial charge is 0.343 e. The molecule has 7 N–H and O–H groups in total. The summed E-state index contributed by atoms with van der Waals surface area (Å²) < 4.78 is 28.0. The van der Waals surface area contributed by atoms with E-state index >= 15 is 4.39 Å². The SMILES string of the molecule is CC[C@@]1(O)C(=O)OCc2c1cc1n(c2=O)Cc2c-1nc1cc(F)c(C)c3c1c2[C@@H](NC(=O)[C@H]1C[C@@H](OCNC(=O)CNC(=O)[C@H](Cc2ccccc2)NC(=O)CNC(=O)CNC(=O)CCCCCN2C(=O)CC(C)C2=O)C1)CC3. The van der Waals surface area contributed by atoms with Gasteiger partial charge in [-0.2, -0.15) is 0 Å². The largest absolute Gasteiger partial charge is 0.458 e. The van der Waals surface area contributed by atoms with E-state index in [4.69, 9.17) is 14.5 Å². The Morgan fingerprint density at radius 1 is 0.899 bits per heavy atom. The lowest BCUT2D eigenvalue weighted by molar-refractivity contribution is -0.172. The van der Waals surface area contributed by atoms with Gasteiger partial charge in [-0.15, -0.1) is 0 Å². The van der Waals surface area contributed by atoms with Gasteiger partial charge in [0.05, 0.1) is 60.8 Å². The van der Waals surface area contributed by atoms with E-state index < -0.39 is 77.7 Å². The second-order valence-electron chi connectivity index (χ2n) is 21.0. The number of halogens is 1. The molecule has 2 fully saturated rings. The number of aromatic nitrogens is 2. The maximum absolute atomic E-state index is 15.4. The van der Waals surface area contributed by atoms with E-state index in [2.05, 4.69) is 31.9 Å². The Morgan fingerprint density at radius 2 is 1.62 bits per heavy atom. The van der Waals surface area contributed by atoms with Gasteiger partial charge in [0, 0.05) is 60.2 Å². The summed E-state index contributed by atoms with van der Waals surface area (Å²) in [7, 11) is 0. The number of nitrogens with zero attached hydrogens (tertiary/aromatic N) is 3. The molecule has 79 heavy (non-hydrogen) atoms. The van der Waals surface area contributed by atoms with Gasteiger partial charge in [-0.3, -0.25) is 48.1 Å². The highest BCUT2D eigenvalue weighted by Gasteiger charge is 2.46. The van der Waals surface area contributed by atoms with Crippen LogP contribution in [0.2, 0.25) is 0 Å². The van der Waals surface area contributed by atoms with Gasteiger partial charge in [0.1, 0.15) is 25.2 Å². The fourth-order valence-corrected chi connectivity index (χ4v) is 11.1. The third-order valence-electron chi connectivity index (χ3n) is 15.8. The van der Waals surface area contributed by atoms with Crippen molar-refractivity contribution in [1.29, 1.82) is 0 Å². The van der Waals surface area contributed by atoms with Gasteiger partial charge in [0.2, 0.25) is 47.3 Å². The molecule has 2 aromatic heterocycles. The van der Waals surface area contributed by atoms with E-state index in [9.17, 15) is 53.1 Å². The molecule has 22 nitrogen and oxygen atoms in total. The van der Waals surface area contributed by atoms with Crippen molar-refractivity contribution >= 4 is 64.1 Å². The standard InChI is InChI=1S/C56H64FN9O13/c1-4-56(77)37-21-42-50-35(26-66(42)54(75)36(37)27-78-55(56)76)49-39(15-14-34-30(3)38(57)22-40(63-50)48(34)49)64-51(72)32-19-33(20-32)79-28-61-45(69)24-60-52(73)41(18-31-11-7-5-8-12-31)62-46(70)25-59-44(68)23-58-43(67)13-9-6-10-16-65-47(71)17-29(2)53(65)74/h5,7-8,11-12,21-22,29,32-33,39,41,77H,4,6,9-10,13-20,23-28H2,1-3H3,(H,58,67)(H,59,68)(H,60,73)(H,61,69)(H,62,70)(H,64,72)/t29?,32-,33+,39-,41-,56-/m0/s1. The highest BCUT2D eigenvalue weighted by atomic mass is 19.1. The van der Waals surface area contributed by atoms with Gasteiger partial charge >= 0.3 is 5.97 Å². The van der Waals surface area contributed by atoms with E-state index in [1.54, 1.807) is 57.2 Å². The molecule has 3 aliphatic heterocycles. The second-order valence-corrected chi connectivity index (χ2v) is 21.0. The Labute approximate surface area is 453 Å². The van der Waals surface area contributed by atoms with Crippen LogP contribution in [0.15, 0.2) is 47.3 Å². The number of hydrogen-bond donors (Lipinski definition) is 7. The lowest BCUT2D eigenvalue weighted by Gasteiger charge is -2.36. The molecule has 1 saturated heterocycles. The number of unbranched alkanes of at least 4 members (excludes halogenated alkanes) is 2. The molecule has 0 bridgehead atoms. The van der Waals surface area contributed by atoms with Gasteiger partial charge in [-0.25, -0.2) is 14.2 Å². The van der Waals surface area contributed by atoms with Crippen LogP contribution in [-0.4, -0.2) is 118 Å². The zero-order valence-corrected chi connectivity index (χ0v) is 44.2. The number of carbonyl (C=O) groups excluding carboxylic acids is 9. The molecule has 4 aromatic rings. The summed E-state index contributed by atoms with van der Waals surface area (Å²) >= 11 is 0. The van der Waals surface area contributed by atoms with Crippen molar-refractivity contribution in [2.45, 2.75) is 128 Å². The molecule has 2 aromatic carbocycles. The average Bonchev–Trinajstić information content (AvgIpc) is 4.15. The van der Waals surface area contributed by atoms with Crippen LogP contribution >= 0.6 is 0 Å². The normalized spacial score (nSPS) is 21.0. The summed E-state index contributed by atoms with van der Waals surface area (Å²) in [5.41, 5.74) is 2.36. The monoisotopic (exact) mass is 1090 g/mol. The molecule has 5 heterocycles. The maximum Gasteiger partial charge on any atom is 0.343 e. The quantitative estimate of drug-likeness (QED) is 0.0224. The number of likely N-dealkylation sites (tertiary alicyclic amines) is 1. The molecule has 8 amide bonds. The molecule has 5 aliphatic rings. The highest BCUT2D eigenvalue weighted by molar-refractivity contribution is 6.03. The number of aliphatic hydroxyl groups is 1. The molecule has 1 saturated carbocycles. The molecule has 4 atom stereocenters. The van der Waals surface area contributed by atoms with Crippen LogP contribution in [0, 0.1) is 24.6 Å². The third-order valence-corrected chi connectivity index (χ3v) is 15.8. The van der Waals surface area contributed by atoms with Gasteiger partial charge in [0.15, 0.2) is 5.60 Å². The van der Waals surface area contributed by atoms with Crippen molar-refractivity contribution < 1.29 is 62.1 Å². The number of cyclic esters (lactones) is 1. The van der Waals surface area contributed by atoms with Crippen molar-refractivity contribution in [3.63, 3.8) is 0 Å². The summed E-state index contributed by atoms with van der Waals surface area (Å²) in [6.45, 7) is 3.60. The van der Waals surface area contributed by atoms with E-state index in [0.717, 1.165) is 11.1 Å². The number of imide groups is 1. The molecular weight excluding hydrogens is 1030 g/mol. The number of pyridine rings is 2. The summed E-state index contributed by atoms with van der Waals surface area (Å²) in [4.78, 5) is 135. The fourth-order valence-electron chi connectivity index (χ4n) is 11.1. The van der Waals surface area contributed by atoms with Gasteiger partial charge in [-0.05, 0) is 80.2 Å². The van der Waals surface area contributed by atoms with Crippen LogP contribution in [0.25, 0.3) is 22.3 Å². The van der Waals surface area contributed by atoms with Crippen LogP contribution in [0.3, 0.4) is 0 Å². The van der Waals surface area contributed by atoms with Crippen LogP contribution in [0.4, 0.5) is 4.39 Å². The Bertz CT molecular complexity index is 3220. The number of amides is 8. The fraction of sp³-hybridized carbons (Fsp3) is 0.482. The first-order chi connectivity index (χ1) is 37.8. The molecule has 2 aliphatic carbocycles. The first-order valence-corrected chi connectivity index (χ1v) is 26.8. The lowest BCUT2D eigenvalue weighted by atomic mass is 9.79. The first-order valence-electron chi connectivity index (χ1n) is 26.8. The van der Waals surface area contributed by atoms with E-state index in [1.807, 2.05) is 0 Å². The predicted octanol–water partition coefficient (Wildman–Crippen LogP) is 1.53. The molecule has 23 heteroatoms. The van der Waals surface area contributed by atoms with E-state index in [1.165, 1.54) is 15.5 Å². The van der Waals surface area contributed by atoms with E-state index in [0.29, 0.717) is 90.5 Å². The number of aryl methyl sites for hydroxylation is 1. The predicted molar refractivity (Wildman–Crippen MR) is 279 cm³/mol. The van der Waals surface area contributed by atoms with Crippen LogP contribution in [0.5, 0.6) is 0 Å². The van der Waals surface area contributed by atoms with Crippen LogP contribution in [-0.2, 0) is 84.2 Å². The number of fused-ring (bicyclic) bond motifs is 5. The summed E-state index contributed by atoms with van der Waals surface area (Å²) in [5.74, 6) is -5.56. The number of nitrogens with one attached hydrogen (secondary N) is 6. The van der Waals surface area contributed by atoms with Gasteiger partial charge < -0.3 is 51.0 Å². The molecule has 0 spiro atoms. The Morgan fingerprint density at radius 3 is 2.35 bits per heavy atom. The Kier molecular flexibility index (Phi) is 16.7. The maximum atomic E-state index is 15.4. The zero-order chi connectivity index (χ0) is 56.3. The lowest BCUT2D eigenvalue weighted by Crippen LogP contribution is -2.52. The third kappa shape index (κ3) is 11.8. The summed E-state index contributed by atoms with van der Waals surface area (Å²) in [6.07, 6.45) is 3.29. The molecule has 0 radical (unpaired) electrons. The number of hydrogen-bond acceptors (Lipinski definition) is 14. The summed E-state index contributed by atoms with van der Waals surface area (Å²) in [6, 6.07) is 10.2. The molecule has 418 valence electrons. The van der Waals surface area contributed by atoms with E-state index in [-0.39, 0.29) is 98.9 Å². The highest BCUT2D eigenvalue weighted by Crippen LogP contribution is 2.46.